The summed E-state index contributed by atoms with van der Waals surface area (Å²) in [6.45, 7) is 9.27. The van der Waals surface area contributed by atoms with Crippen LogP contribution in [0.1, 0.15) is 79.1 Å². The van der Waals surface area contributed by atoms with Gasteiger partial charge in [-0.15, -0.1) is 0 Å². The first-order chi connectivity index (χ1) is 10.8. The van der Waals surface area contributed by atoms with E-state index in [-0.39, 0.29) is 12.1 Å². The van der Waals surface area contributed by atoms with E-state index in [1.807, 2.05) is 20.8 Å². The van der Waals surface area contributed by atoms with E-state index in [0.29, 0.717) is 6.04 Å². The fraction of sp³-hybridized carbons (Fsp3) is 0.947. The molecule has 0 heterocycles. The zero-order valence-electron chi connectivity index (χ0n) is 15.5. The molecule has 0 atom stereocenters. The third-order valence-corrected chi connectivity index (χ3v) is 5.28. The highest BCUT2D eigenvalue weighted by Gasteiger charge is 2.25. The van der Waals surface area contributed by atoms with Crippen molar-refractivity contribution in [2.24, 2.45) is 11.8 Å². The molecule has 2 N–H and O–H groups in total. The van der Waals surface area contributed by atoms with E-state index in [4.69, 9.17) is 4.74 Å². The van der Waals surface area contributed by atoms with Gasteiger partial charge in [0.2, 0.25) is 0 Å². The SMILES string of the molecule is CC1CCC(CNC2CCC(NC(=O)OC(C)(C)C)CC2)CC1. The average molecular weight is 325 g/mol. The van der Waals surface area contributed by atoms with Gasteiger partial charge in [-0.05, 0) is 77.7 Å². The molecule has 0 unspecified atom stereocenters. The van der Waals surface area contributed by atoms with Gasteiger partial charge in [0, 0.05) is 12.1 Å². The average Bonchev–Trinajstić information content (AvgIpc) is 2.46. The van der Waals surface area contributed by atoms with Crippen LogP contribution in [-0.2, 0) is 4.74 Å². The molecule has 2 rings (SSSR count). The number of rotatable bonds is 4. The zero-order valence-corrected chi connectivity index (χ0v) is 15.5. The molecule has 0 aromatic carbocycles. The summed E-state index contributed by atoms with van der Waals surface area (Å²) in [4.78, 5) is 11.8. The lowest BCUT2D eigenvalue weighted by molar-refractivity contribution is 0.0489. The van der Waals surface area contributed by atoms with Gasteiger partial charge in [-0.3, -0.25) is 0 Å². The van der Waals surface area contributed by atoms with E-state index in [2.05, 4.69) is 17.6 Å². The van der Waals surface area contributed by atoms with Crippen LogP contribution in [0.3, 0.4) is 0 Å². The van der Waals surface area contributed by atoms with Crippen LogP contribution in [0.5, 0.6) is 0 Å². The Morgan fingerprint density at radius 2 is 1.52 bits per heavy atom. The molecule has 0 spiro atoms. The van der Waals surface area contributed by atoms with Crippen LogP contribution in [0.15, 0.2) is 0 Å². The van der Waals surface area contributed by atoms with Crippen molar-refractivity contribution in [2.75, 3.05) is 6.54 Å². The summed E-state index contributed by atoms with van der Waals surface area (Å²) in [5.41, 5.74) is -0.416. The Balaban J connectivity index is 1.59. The summed E-state index contributed by atoms with van der Waals surface area (Å²) in [5.74, 6) is 1.81. The molecule has 134 valence electrons. The van der Waals surface area contributed by atoms with Crippen LogP contribution in [0.2, 0.25) is 0 Å². The Morgan fingerprint density at radius 1 is 0.957 bits per heavy atom. The van der Waals surface area contributed by atoms with Gasteiger partial charge in [-0.1, -0.05) is 19.8 Å². The minimum atomic E-state index is -0.416. The van der Waals surface area contributed by atoms with Gasteiger partial charge in [0.15, 0.2) is 0 Å². The van der Waals surface area contributed by atoms with Crippen molar-refractivity contribution < 1.29 is 9.53 Å². The maximum absolute atomic E-state index is 11.8. The highest BCUT2D eigenvalue weighted by molar-refractivity contribution is 5.68. The van der Waals surface area contributed by atoms with Crippen molar-refractivity contribution in [3.63, 3.8) is 0 Å². The summed E-state index contributed by atoms with van der Waals surface area (Å²) < 4.78 is 5.34. The molecule has 2 aliphatic rings. The van der Waals surface area contributed by atoms with E-state index in [1.165, 1.54) is 32.2 Å². The highest BCUT2D eigenvalue weighted by atomic mass is 16.6. The largest absolute Gasteiger partial charge is 0.444 e. The lowest BCUT2D eigenvalue weighted by Gasteiger charge is -2.32. The highest BCUT2D eigenvalue weighted by Crippen LogP contribution is 2.28. The topological polar surface area (TPSA) is 50.4 Å². The molecule has 0 radical (unpaired) electrons. The first-order valence-corrected chi connectivity index (χ1v) is 9.54. The standard InChI is InChI=1S/C19H36N2O2/c1-14-5-7-15(8-6-14)13-20-16-9-11-17(12-10-16)21-18(22)23-19(2,3)4/h14-17,20H,5-13H2,1-4H3,(H,21,22). The molecule has 4 nitrogen and oxygen atoms in total. The van der Waals surface area contributed by atoms with Crippen molar-refractivity contribution in [1.29, 1.82) is 0 Å². The lowest BCUT2D eigenvalue weighted by atomic mass is 9.82. The maximum atomic E-state index is 11.8. The first kappa shape index (κ1) is 18.6. The molecule has 2 aliphatic carbocycles. The third-order valence-electron chi connectivity index (χ3n) is 5.28. The van der Waals surface area contributed by atoms with Crippen LogP contribution in [-0.4, -0.2) is 30.3 Å². The summed E-state index contributed by atoms with van der Waals surface area (Å²) in [7, 11) is 0. The number of alkyl carbamates (subject to hydrolysis) is 1. The molecule has 1 amide bonds. The fourth-order valence-corrected chi connectivity index (χ4v) is 3.78. The maximum Gasteiger partial charge on any atom is 0.407 e. The Bertz CT molecular complexity index is 362. The third kappa shape index (κ3) is 7.11. The number of carbonyl (C=O) groups is 1. The van der Waals surface area contributed by atoms with Gasteiger partial charge < -0.3 is 15.4 Å². The summed E-state index contributed by atoms with van der Waals surface area (Å²) in [5, 5.41) is 6.79. The van der Waals surface area contributed by atoms with Crippen molar-refractivity contribution in [3.05, 3.63) is 0 Å². The number of hydrogen-bond donors (Lipinski definition) is 2. The van der Waals surface area contributed by atoms with Gasteiger partial charge in [-0.25, -0.2) is 4.79 Å². The lowest BCUT2D eigenvalue weighted by Crippen LogP contribution is -2.44. The minimum absolute atomic E-state index is 0.273. The van der Waals surface area contributed by atoms with Crippen molar-refractivity contribution in [3.8, 4) is 0 Å². The van der Waals surface area contributed by atoms with E-state index in [1.54, 1.807) is 0 Å². The Hall–Kier alpha value is -0.770. The first-order valence-electron chi connectivity index (χ1n) is 9.54. The van der Waals surface area contributed by atoms with Crippen molar-refractivity contribution in [2.45, 2.75) is 96.7 Å². The minimum Gasteiger partial charge on any atom is -0.444 e. The molecule has 0 saturated heterocycles. The molecule has 0 bridgehead atoms. The number of amides is 1. The van der Waals surface area contributed by atoms with Gasteiger partial charge in [0.1, 0.15) is 5.60 Å². The van der Waals surface area contributed by atoms with Gasteiger partial charge in [-0.2, -0.15) is 0 Å². The van der Waals surface area contributed by atoms with Gasteiger partial charge in [0.05, 0.1) is 0 Å². The number of carbonyl (C=O) groups excluding carboxylic acids is 1. The van der Waals surface area contributed by atoms with E-state index < -0.39 is 5.60 Å². The molecule has 0 aliphatic heterocycles. The number of nitrogens with one attached hydrogen (secondary N) is 2. The second kappa shape index (κ2) is 8.36. The Kier molecular flexibility index (Phi) is 6.75. The molecule has 0 aromatic heterocycles. The van der Waals surface area contributed by atoms with E-state index >= 15 is 0 Å². The second-order valence-electron chi connectivity index (χ2n) is 8.73. The summed E-state index contributed by atoms with van der Waals surface area (Å²) in [6, 6.07) is 0.907. The molecular weight excluding hydrogens is 288 g/mol. The number of ether oxygens (including phenoxy) is 1. The predicted molar refractivity (Wildman–Crippen MR) is 94.5 cm³/mol. The summed E-state index contributed by atoms with van der Waals surface area (Å²) in [6.07, 6.45) is 9.74. The van der Waals surface area contributed by atoms with Crippen LogP contribution < -0.4 is 10.6 Å². The van der Waals surface area contributed by atoms with E-state index in [9.17, 15) is 4.79 Å². The number of hydrogen-bond acceptors (Lipinski definition) is 3. The smallest absolute Gasteiger partial charge is 0.407 e. The van der Waals surface area contributed by atoms with Crippen molar-refractivity contribution in [1.82, 2.24) is 10.6 Å². The molecule has 2 fully saturated rings. The van der Waals surface area contributed by atoms with Crippen LogP contribution >= 0.6 is 0 Å². The normalized spacial score (nSPS) is 32.3. The van der Waals surface area contributed by atoms with Crippen LogP contribution in [0, 0.1) is 11.8 Å². The van der Waals surface area contributed by atoms with Crippen LogP contribution in [0.25, 0.3) is 0 Å². The molecule has 4 heteroatoms. The second-order valence-corrected chi connectivity index (χ2v) is 8.73. The van der Waals surface area contributed by atoms with Gasteiger partial charge in [0.25, 0.3) is 0 Å². The molecular formula is C19H36N2O2. The predicted octanol–water partition coefficient (Wildman–Crippen LogP) is 4.24. The fourth-order valence-electron chi connectivity index (χ4n) is 3.78. The van der Waals surface area contributed by atoms with Gasteiger partial charge >= 0.3 is 6.09 Å². The molecule has 0 aromatic rings. The van der Waals surface area contributed by atoms with Crippen LogP contribution in [0.4, 0.5) is 4.79 Å². The molecule has 23 heavy (non-hydrogen) atoms. The molecule has 2 saturated carbocycles. The summed E-state index contributed by atoms with van der Waals surface area (Å²) >= 11 is 0. The Labute approximate surface area is 142 Å². The monoisotopic (exact) mass is 324 g/mol. The zero-order chi connectivity index (χ0) is 16.9. The van der Waals surface area contributed by atoms with Crippen molar-refractivity contribution >= 4 is 6.09 Å². The quantitative estimate of drug-likeness (QED) is 0.813. The van der Waals surface area contributed by atoms with E-state index in [0.717, 1.165) is 37.5 Å². The Morgan fingerprint density at radius 3 is 2.09 bits per heavy atom.